The van der Waals surface area contributed by atoms with Crippen LogP contribution >= 0.6 is 0 Å². The Hall–Kier alpha value is -6.00. The SMILES string of the molecule is C.C.CC#CC#CC.CC#Cc1ccc(C)cc1.Cc1ccc(-c2ccc(-c3ccc(C)cc3)cc2)cc1.Cc1ccc(-c2ccc(C)cc2)cc1. The molecular formula is C52H56. The molecule has 0 atom stereocenters. The van der Waals surface area contributed by atoms with Crippen molar-refractivity contribution >= 4 is 0 Å². The molecule has 0 unspecified atom stereocenters. The van der Waals surface area contributed by atoms with Gasteiger partial charge in [-0.3, -0.25) is 0 Å². The van der Waals surface area contributed by atoms with Crippen molar-refractivity contribution in [1.82, 2.24) is 0 Å². The van der Waals surface area contributed by atoms with Crippen molar-refractivity contribution in [3.8, 4) is 68.9 Å². The first-order valence-corrected chi connectivity index (χ1v) is 16.9. The van der Waals surface area contributed by atoms with Crippen LogP contribution in [-0.4, -0.2) is 0 Å². The van der Waals surface area contributed by atoms with Gasteiger partial charge in [-0.1, -0.05) is 194 Å². The lowest BCUT2D eigenvalue weighted by Gasteiger charge is -2.06. The first kappa shape index (κ1) is 44.0. The van der Waals surface area contributed by atoms with E-state index in [-0.39, 0.29) is 14.9 Å². The summed E-state index contributed by atoms with van der Waals surface area (Å²) in [6.45, 7) is 15.9. The van der Waals surface area contributed by atoms with Gasteiger partial charge in [-0.25, -0.2) is 0 Å². The zero-order chi connectivity index (χ0) is 36.1. The van der Waals surface area contributed by atoms with Gasteiger partial charge in [0.1, 0.15) is 0 Å². The molecule has 0 aliphatic rings. The van der Waals surface area contributed by atoms with Gasteiger partial charge in [0.15, 0.2) is 0 Å². The van der Waals surface area contributed by atoms with Gasteiger partial charge in [-0.15, -0.1) is 5.92 Å². The summed E-state index contributed by atoms with van der Waals surface area (Å²) in [5, 5.41) is 0. The van der Waals surface area contributed by atoms with Crippen molar-refractivity contribution in [2.24, 2.45) is 0 Å². The third-order valence-corrected chi connectivity index (χ3v) is 7.72. The summed E-state index contributed by atoms with van der Waals surface area (Å²) in [7, 11) is 0. The summed E-state index contributed by atoms with van der Waals surface area (Å²) in [5.41, 5.74) is 15.2. The predicted molar refractivity (Wildman–Crippen MR) is 232 cm³/mol. The summed E-state index contributed by atoms with van der Waals surface area (Å²) >= 11 is 0. The van der Waals surface area contributed by atoms with E-state index in [0.29, 0.717) is 0 Å². The van der Waals surface area contributed by atoms with Crippen LogP contribution in [0, 0.1) is 70.1 Å². The van der Waals surface area contributed by atoms with Crippen LogP contribution in [0.15, 0.2) is 146 Å². The molecule has 0 fully saturated rings. The Morgan fingerprint density at radius 3 is 0.654 bits per heavy atom. The molecule has 52 heavy (non-hydrogen) atoms. The van der Waals surface area contributed by atoms with Gasteiger partial charge >= 0.3 is 0 Å². The van der Waals surface area contributed by atoms with E-state index in [0.717, 1.165) is 5.56 Å². The summed E-state index contributed by atoms with van der Waals surface area (Å²) in [6, 6.07) is 51.6. The summed E-state index contributed by atoms with van der Waals surface area (Å²) in [6.07, 6.45) is 0. The lowest BCUT2D eigenvalue weighted by molar-refractivity contribution is 1.45. The number of benzene rings is 6. The van der Waals surface area contributed by atoms with Crippen LogP contribution in [0.1, 0.15) is 69.0 Å². The molecule has 0 heterocycles. The first-order valence-electron chi connectivity index (χ1n) is 16.9. The molecule has 0 nitrogen and oxygen atoms in total. The average Bonchev–Trinajstić information content (AvgIpc) is 3.14. The molecule has 0 aliphatic heterocycles. The normalized spacial score (nSPS) is 8.77. The van der Waals surface area contributed by atoms with Gasteiger partial charge in [0, 0.05) is 5.56 Å². The largest absolute Gasteiger partial charge is 0.101 e. The minimum Gasteiger partial charge on any atom is -0.101 e. The molecule has 0 amide bonds. The zero-order valence-electron chi connectivity index (χ0n) is 30.9. The van der Waals surface area contributed by atoms with Crippen LogP contribution in [0.2, 0.25) is 0 Å². The maximum Gasteiger partial charge on any atom is 0.0245 e. The highest BCUT2D eigenvalue weighted by Crippen LogP contribution is 2.25. The second-order valence-electron chi connectivity index (χ2n) is 12.0. The molecule has 0 aliphatic carbocycles. The minimum atomic E-state index is 0. The monoisotopic (exact) mass is 680 g/mol. The maximum absolute atomic E-state index is 2.98. The Morgan fingerprint density at radius 1 is 0.269 bits per heavy atom. The van der Waals surface area contributed by atoms with E-state index in [9.17, 15) is 0 Å². The van der Waals surface area contributed by atoms with Crippen molar-refractivity contribution in [2.75, 3.05) is 0 Å². The average molecular weight is 681 g/mol. The van der Waals surface area contributed by atoms with E-state index in [1.165, 1.54) is 61.2 Å². The number of aryl methyl sites for hydroxylation is 5. The van der Waals surface area contributed by atoms with Crippen molar-refractivity contribution < 1.29 is 0 Å². The Bertz CT molecular complexity index is 1930. The highest BCUT2D eigenvalue weighted by molar-refractivity contribution is 5.70. The third-order valence-electron chi connectivity index (χ3n) is 7.72. The molecule has 0 radical (unpaired) electrons. The summed E-state index contributed by atoms with van der Waals surface area (Å²) < 4.78 is 0. The zero-order valence-corrected chi connectivity index (χ0v) is 30.9. The van der Waals surface area contributed by atoms with Gasteiger partial charge in [0.05, 0.1) is 0 Å². The molecule has 264 valence electrons. The van der Waals surface area contributed by atoms with Gasteiger partial charge in [-0.05, 0) is 113 Å². The Balaban J connectivity index is 0.000000372. The van der Waals surface area contributed by atoms with Crippen LogP contribution in [0.25, 0.3) is 33.4 Å². The van der Waals surface area contributed by atoms with Gasteiger partial charge in [0.2, 0.25) is 0 Å². The molecule has 6 aromatic rings. The van der Waals surface area contributed by atoms with E-state index >= 15 is 0 Å². The number of hydrogen-bond donors (Lipinski definition) is 0. The second kappa shape index (κ2) is 24.2. The van der Waals surface area contributed by atoms with Gasteiger partial charge in [0.25, 0.3) is 0 Å². The molecule has 0 spiro atoms. The third kappa shape index (κ3) is 15.7. The van der Waals surface area contributed by atoms with Crippen molar-refractivity contribution in [3.63, 3.8) is 0 Å². The minimum absolute atomic E-state index is 0. The van der Waals surface area contributed by atoms with Crippen LogP contribution in [0.3, 0.4) is 0 Å². The molecule has 0 heteroatoms. The molecule has 0 N–H and O–H groups in total. The number of rotatable bonds is 3. The Morgan fingerprint density at radius 2 is 0.462 bits per heavy atom. The van der Waals surface area contributed by atoms with Crippen molar-refractivity contribution in [2.45, 2.75) is 70.2 Å². The maximum atomic E-state index is 2.98. The van der Waals surface area contributed by atoms with Gasteiger partial charge < -0.3 is 0 Å². The number of hydrogen-bond acceptors (Lipinski definition) is 0. The van der Waals surface area contributed by atoms with E-state index < -0.39 is 0 Å². The van der Waals surface area contributed by atoms with Crippen molar-refractivity contribution in [1.29, 1.82) is 0 Å². The van der Waals surface area contributed by atoms with Gasteiger partial charge in [-0.2, -0.15) is 0 Å². The molecule has 6 rings (SSSR count). The smallest absolute Gasteiger partial charge is 0.0245 e. The fraction of sp³-hybridized carbons (Fsp3) is 0.192. The predicted octanol–water partition coefficient (Wildman–Crippen LogP) is 14.3. The Kier molecular flexibility index (Phi) is 20.5. The Labute approximate surface area is 317 Å². The molecule has 0 saturated carbocycles. The highest BCUT2D eigenvalue weighted by Gasteiger charge is 2.00. The van der Waals surface area contributed by atoms with E-state index in [1.54, 1.807) is 13.8 Å². The van der Waals surface area contributed by atoms with Crippen LogP contribution in [0.5, 0.6) is 0 Å². The molecule has 6 aromatic carbocycles. The quantitative estimate of drug-likeness (QED) is 0.163. The molecule has 0 aromatic heterocycles. The van der Waals surface area contributed by atoms with Crippen LogP contribution in [-0.2, 0) is 0 Å². The van der Waals surface area contributed by atoms with Crippen LogP contribution < -0.4 is 0 Å². The molecular weight excluding hydrogens is 625 g/mol. The fourth-order valence-electron chi connectivity index (χ4n) is 4.75. The first-order chi connectivity index (χ1) is 24.2. The molecule has 0 bridgehead atoms. The van der Waals surface area contributed by atoms with E-state index in [1.807, 2.05) is 19.1 Å². The fourth-order valence-corrected chi connectivity index (χ4v) is 4.75. The molecule has 0 saturated heterocycles. The topological polar surface area (TPSA) is 0 Å². The lowest BCUT2D eigenvalue weighted by Crippen LogP contribution is -1.81. The summed E-state index contributed by atoms with van der Waals surface area (Å²) in [5.74, 6) is 16.3. The van der Waals surface area contributed by atoms with E-state index in [2.05, 4.69) is 204 Å². The summed E-state index contributed by atoms with van der Waals surface area (Å²) in [4.78, 5) is 0. The van der Waals surface area contributed by atoms with E-state index in [4.69, 9.17) is 0 Å². The van der Waals surface area contributed by atoms with Crippen LogP contribution in [0.4, 0.5) is 0 Å². The highest BCUT2D eigenvalue weighted by atomic mass is 14.1. The lowest BCUT2D eigenvalue weighted by atomic mass is 9.99. The second-order valence-corrected chi connectivity index (χ2v) is 12.0. The van der Waals surface area contributed by atoms with Crippen molar-refractivity contribution in [3.05, 3.63) is 179 Å². The standard InChI is InChI=1S/C20H18.C14H14.C10H10.C6H6.2CH4/c1-15-3-7-17(8-4-15)19-11-13-20(14-12-19)18-9-5-16(2)6-10-18;1-11-3-7-13(8-4-11)14-9-5-12(2)6-10-14;1-3-4-10-7-5-9(2)6-8-10;1-3-5-6-4-2;;/h3-14H,1-2H3;3-10H,1-2H3;5-8H,1-2H3;1-2H3;2*1H4.